The Bertz CT molecular complexity index is 1130. The third kappa shape index (κ3) is 3.57. The Labute approximate surface area is 156 Å². The predicted molar refractivity (Wildman–Crippen MR) is 108 cm³/mol. The van der Waals surface area contributed by atoms with Crippen molar-refractivity contribution in [1.29, 1.82) is 0 Å². The van der Waals surface area contributed by atoms with E-state index in [1.807, 2.05) is 60.7 Å². The highest BCUT2D eigenvalue weighted by molar-refractivity contribution is 6.05. The number of hydrogen-bond acceptors (Lipinski definition) is 3. The number of para-hydroxylation sites is 2. The number of phenolic OH excluding ortho intramolecular Hbond substituents is 1. The van der Waals surface area contributed by atoms with Crippen molar-refractivity contribution in [3.05, 3.63) is 89.6 Å². The molecule has 0 saturated carbocycles. The van der Waals surface area contributed by atoms with Crippen molar-refractivity contribution in [3.63, 3.8) is 0 Å². The Morgan fingerprint density at radius 2 is 1.67 bits per heavy atom. The van der Waals surface area contributed by atoms with Crippen LogP contribution in [-0.4, -0.2) is 21.2 Å². The molecular weight excluding hydrogens is 338 g/mol. The normalized spacial score (nSPS) is 11.1. The van der Waals surface area contributed by atoms with Gasteiger partial charge in [-0.3, -0.25) is 9.89 Å². The van der Waals surface area contributed by atoms with Crippen molar-refractivity contribution in [2.75, 3.05) is 5.32 Å². The summed E-state index contributed by atoms with van der Waals surface area (Å²) >= 11 is 0. The van der Waals surface area contributed by atoms with Crippen molar-refractivity contribution < 1.29 is 9.90 Å². The zero-order valence-corrected chi connectivity index (χ0v) is 14.4. The van der Waals surface area contributed by atoms with Crippen molar-refractivity contribution in [2.24, 2.45) is 0 Å². The standard InChI is InChI=1S/C22H17N3O2/c26-17-12-9-16(10-13-17)22(27)23-19-7-3-1-5-15(19)11-14-21-18-6-2-4-8-20(18)24-25-21/h1-14,26H,(H,23,27)(H,24,25). The number of aromatic nitrogens is 2. The highest BCUT2D eigenvalue weighted by Crippen LogP contribution is 2.22. The average Bonchev–Trinajstić information content (AvgIpc) is 3.11. The van der Waals surface area contributed by atoms with Crippen LogP contribution in [0, 0.1) is 0 Å². The molecule has 4 aromatic rings. The van der Waals surface area contributed by atoms with E-state index in [1.54, 1.807) is 12.1 Å². The van der Waals surface area contributed by atoms with Gasteiger partial charge in [0, 0.05) is 16.6 Å². The summed E-state index contributed by atoms with van der Waals surface area (Å²) in [7, 11) is 0. The maximum absolute atomic E-state index is 12.5. The molecule has 27 heavy (non-hydrogen) atoms. The van der Waals surface area contributed by atoms with Crippen LogP contribution >= 0.6 is 0 Å². The molecular formula is C22H17N3O2. The lowest BCUT2D eigenvalue weighted by molar-refractivity contribution is 0.102. The number of benzene rings is 3. The molecule has 0 spiro atoms. The van der Waals surface area contributed by atoms with Crippen LogP contribution in [0.1, 0.15) is 21.6 Å². The molecule has 5 heteroatoms. The molecule has 1 aromatic heterocycles. The number of nitrogens with zero attached hydrogens (tertiary/aromatic N) is 1. The number of carbonyl (C=O) groups is 1. The molecule has 0 unspecified atom stereocenters. The molecule has 0 fully saturated rings. The van der Waals surface area contributed by atoms with Crippen LogP contribution in [0.2, 0.25) is 0 Å². The van der Waals surface area contributed by atoms with Gasteiger partial charge in [0.15, 0.2) is 0 Å². The van der Waals surface area contributed by atoms with Gasteiger partial charge in [0.2, 0.25) is 0 Å². The van der Waals surface area contributed by atoms with E-state index in [-0.39, 0.29) is 11.7 Å². The monoisotopic (exact) mass is 355 g/mol. The smallest absolute Gasteiger partial charge is 0.255 e. The Kier molecular flexibility index (Phi) is 4.41. The van der Waals surface area contributed by atoms with E-state index in [0.717, 1.165) is 22.2 Å². The molecule has 0 aliphatic heterocycles. The van der Waals surface area contributed by atoms with Gasteiger partial charge in [0.25, 0.3) is 5.91 Å². The maximum atomic E-state index is 12.5. The number of aromatic amines is 1. The lowest BCUT2D eigenvalue weighted by Gasteiger charge is -2.08. The van der Waals surface area contributed by atoms with Crippen molar-refractivity contribution in [2.45, 2.75) is 0 Å². The van der Waals surface area contributed by atoms with Crippen LogP contribution in [0.3, 0.4) is 0 Å². The van der Waals surface area contributed by atoms with Crippen LogP contribution in [0.4, 0.5) is 5.69 Å². The summed E-state index contributed by atoms with van der Waals surface area (Å²) in [5.74, 6) is -0.109. The highest BCUT2D eigenvalue weighted by Gasteiger charge is 2.08. The van der Waals surface area contributed by atoms with Gasteiger partial charge in [-0.2, -0.15) is 5.10 Å². The molecule has 0 bridgehead atoms. The summed E-state index contributed by atoms with van der Waals surface area (Å²) < 4.78 is 0. The number of anilines is 1. The Hall–Kier alpha value is -3.86. The van der Waals surface area contributed by atoms with Crippen LogP contribution < -0.4 is 5.32 Å². The molecule has 3 N–H and O–H groups in total. The zero-order valence-electron chi connectivity index (χ0n) is 14.4. The number of rotatable bonds is 4. The molecule has 0 aliphatic carbocycles. The maximum Gasteiger partial charge on any atom is 0.255 e. The largest absolute Gasteiger partial charge is 0.508 e. The topological polar surface area (TPSA) is 78.0 Å². The van der Waals surface area contributed by atoms with Crippen LogP contribution in [0.15, 0.2) is 72.8 Å². The zero-order chi connectivity index (χ0) is 18.6. The minimum atomic E-state index is -0.235. The number of H-pyrrole nitrogens is 1. The quantitative estimate of drug-likeness (QED) is 0.497. The number of nitrogens with one attached hydrogen (secondary N) is 2. The van der Waals surface area contributed by atoms with Crippen molar-refractivity contribution in [1.82, 2.24) is 10.2 Å². The second-order valence-electron chi connectivity index (χ2n) is 6.08. The van der Waals surface area contributed by atoms with Gasteiger partial charge in [-0.1, -0.05) is 42.5 Å². The van der Waals surface area contributed by atoms with Crippen molar-refractivity contribution in [3.8, 4) is 5.75 Å². The molecule has 0 atom stereocenters. The molecule has 0 saturated heterocycles. The summed E-state index contributed by atoms with van der Waals surface area (Å²) in [6, 6.07) is 21.6. The van der Waals surface area contributed by atoms with Crippen molar-refractivity contribution >= 4 is 34.6 Å². The first kappa shape index (κ1) is 16.6. The fourth-order valence-electron chi connectivity index (χ4n) is 2.84. The first-order chi connectivity index (χ1) is 13.2. The average molecular weight is 355 g/mol. The highest BCUT2D eigenvalue weighted by atomic mass is 16.3. The number of aromatic hydroxyl groups is 1. The second-order valence-corrected chi connectivity index (χ2v) is 6.08. The van der Waals surface area contributed by atoms with Crippen LogP contribution in [0.5, 0.6) is 5.75 Å². The van der Waals surface area contributed by atoms with Gasteiger partial charge >= 0.3 is 0 Å². The lowest BCUT2D eigenvalue weighted by atomic mass is 10.1. The van der Waals surface area contributed by atoms with Gasteiger partial charge in [0.1, 0.15) is 5.75 Å². The Morgan fingerprint density at radius 1 is 0.926 bits per heavy atom. The van der Waals surface area contributed by atoms with E-state index in [9.17, 15) is 9.90 Å². The number of phenols is 1. The summed E-state index contributed by atoms with van der Waals surface area (Å²) in [5.41, 5.74) is 3.87. The van der Waals surface area contributed by atoms with Gasteiger partial charge in [-0.25, -0.2) is 0 Å². The van der Waals surface area contributed by atoms with E-state index < -0.39 is 0 Å². The number of carbonyl (C=O) groups excluding carboxylic acids is 1. The third-order valence-electron chi connectivity index (χ3n) is 4.26. The summed E-state index contributed by atoms with van der Waals surface area (Å²) in [4.78, 5) is 12.5. The number of amides is 1. The molecule has 132 valence electrons. The third-order valence-corrected chi connectivity index (χ3v) is 4.26. The lowest BCUT2D eigenvalue weighted by Crippen LogP contribution is -2.12. The minimum Gasteiger partial charge on any atom is -0.508 e. The molecule has 4 rings (SSSR count). The Balaban J connectivity index is 1.59. The first-order valence-electron chi connectivity index (χ1n) is 8.51. The summed E-state index contributed by atoms with van der Waals surface area (Å²) in [6.07, 6.45) is 3.85. The molecule has 5 nitrogen and oxygen atoms in total. The fourth-order valence-corrected chi connectivity index (χ4v) is 2.84. The van der Waals surface area contributed by atoms with Gasteiger partial charge in [0.05, 0.1) is 11.2 Å². The molecule has 1 heterocycles. The van der Waals surface area contributed by atoms with E-state index in [2.05, 4.69) is 15.5 Å². The molecule has 3 aromatic carbocycles. The van der Waals surface area contributed by atoms with Gasteiger partial charge in [-0.15, -0.1) is 0 Å². The number of fused-ring (bicyclic) bond motifs is 1. The second kappa shape index (κ2) is 7.17. The summed E-state index contributed by atoms with van der Waals surface area (Å²) in [6.45, 7) is 0. The Morgan fingerprint density at radius 3 is 2.52 bits per heavy atom. The molecule has 0 radical (unpaired) electrons. The fraction of sp³-hybridized carbons (Fsp3) is 0. The summed E-state index contributed by atoms with van der Waals surface area (Å²) in [5, 5.41) is 20.7. The SMILES string of the molecule is O=C(Nc1ccccc1C=Cc1n[nH]c2ccccc12)c1ccc(O)cc1. The molecule has 0 aliphatic rings. The van der Waals surface area contributed by atoms with Crippen LogP contribution in [0.25, 0.3) is 23.1 Å². The predicted octanol–water partition coefficient (Wildman–Crippen LogP) is 4.69. The van der Waals surface area contributed by atoms with Gasteiger partial charge in [-0.05, 0) is 48.0 Å². The van der Waals surface area contributed by atoms with E-state index >= 15 is 0 Å². The van der Waals surface area contributed by atoms with Gasteiger partial charge < -0.3 is 10.4 Å². The van der Waals surface area contributed by atoms with E-state index in [1.165, 1.54) is 12.1 Å². The van der Waals surface area contributed by atoms with E-state index in [0.29, 0.717) is 11.3 Å². The molecule has 1 amide bonds. The minimum absolute atomic E-state index is 0.126. The van der Waals surface area contributed by atoms with E-state index in [4.69, 9.17) is 0 Å². The number of hydrogen-bond donors (Lipinski definition) is 3. The van der Waals surface area contributed by atoms with Crippen LogP contribution in [-0.2, 0) is 0 Å². The first-order valence-corrected chi connectivity index (χ1v) is 8.51.